The highest BCUT2D eigenvalue weighted by Gasteiger charge is 2.32. The number of carbonyl (C=O) groups is 1. The van der Waals surface area contributed by atoms with Gasteiger partial charge in [-0.2, -0.15) is 0 Å². The van der Waals surface area contributed by atoms with Gasteiger partial charge < -0.3 is 15.2 Å². The molecule has 3 aromatic rings. The zero-order valence-corrected chi connectivity index (χ0v) is 18.4. The lowest BCUT2D eigenvalue weighted by Crippen LogP contribution is -2.23. The van der Waals surface area contributed by atoms with Gasteiger partial charge in [0.2, 0.25) is 0 Å². The van der Waals surface area contributed by atoms with Gasteiger partial charge in [0.05, 0.1) is 21.7 Å². The molecule has 1 amide bonds. The van der Waals surface area contributed by atoms with E-state index in [0.29, 0.717) is 11.3 Å². The van der Waals surface area contributed by atoms with Gasteiger partial charge in [0.25, 0.3) is 15.9 Å². The Morgan fingerprint density at radius 3 is 2.52 bits per heavy atom. The van der Waals surface area contributed by atoms with Crippen LogP contribution in [0.1, 0.15) is 15.9 Å². The fraction of sp³-hybridized carbons (Fsp3) is 0.111. The van der Waals surface area contributed by atoms with E-state index in [1.807, 2.05) is 0 Å². The Morgan fingerprint density at radius 2 is 1.94 bits per heavy atom. The van der Waals surface area contributed by atoms with Crippen LogP contribution in [0.4, 0.5) is 22.7 Å². The van der Waals surface area contributed by atoms with E-state index in [1.165, 1.54) is 0 Å². The van der Waals surface area contributed by atoms with E-state index in [9.17, 15) is 35.9 Å². The molecule has 15 heteroatoms. The van der Waals surface area contributed by atoms with Crippen molar-refractivity contribution in [2.45, 2.75) is 17.8 Å². The molecule has 8 nitrogen and oxygen atoms in total. The number of carbonyl (C=O) groups excluding carboxylic acids is 1. The molecular formula is C18H12ClF4N3O5S2. The lowest BCUT2D eigenvalue weighted by atomic mass is 10.2. The first-order valence-electron chi connectivity index (χ1n) is 8.63. The molecule has 0 fully saturated rings. The number of amides is 1. The Kier molecular flexibility index (Phi) is 7.00. The normalized spacial score (nSPS) is 11.8. The molecule has 3 rings (SSSR count). The second-order valence-electron chi connectivity index (χ2n) is 6.25. The van der Waals surface area contributed by atoms with Crippen LogP contribution in [0, 0.1) is 5.82 Å². The van der Waals surface area contributed by atoms with Gasteiger partial charge in [0.1, 0.15) is 0 Å². The summed E-state index contributed by atoms with van der Waals surface area (Å²) in [6.07, 6.45) is -3.99. The lowest BCUT2D eigenvalue weighted by Gasteiger charge is -2.12. The molecule has 0 radical (unpaired) electrons. The van der Waals surface area contributed by atoms with Gasteiger partial charge in [0, 0.05) is 6.54 Å². The van der Waals surface area contributed by atoms with Crippen LogP contribution in [0.25, 0.3) is 0 Å². The quantitative estimate of drug-likeness (QED) is 0.397. The number of aromatic nitrogens is 1. The molecule has 1 aromatic heterocycles. The second-order valence-corrected chi connectivity index (χ2v) is 9.34. The lowest BCUT2D eigenvalue weighted by molar-refractivity contribution is -0.275. The molecule has 0 aliphatic rings. The largest absolute Gasteiger partial charge is 0.573 e. The van der Waals surface area contributed by atoms with E-state index in [1.54, 1.807) is 0 Å². The summed E-state index contributed by atoms with van der Waals surface area (Å²) in [4.78, 5) is 15.8. The molecule has 1 heterocycles. The molecule has 0 bridgehead atoms. The van der Waals surface area contributed by atoms with Crippen LogP contribution in [0.2, 0.25) is 5.02 Å². The number of thiazole rings is 1. The zero-order valence-electron chi connectivity index (χ0n) is 16.0. The number of sulfonamides is 1. The van der Waals surface area contributed by atoms with Crippen molar-refractivity contribution in [1.29, 1.82) is 0 Å². The minimum atomic E-state index is -5.05. The summed E-state index contributed by atoms with van der Waals surface area (Å²) < 4.78 is 80.8. The van der Waals surface area contributed by atoms with E-state index in [0.717, 1.165) is 42.6 Å². The summed E-state index contributed by atoms with van der Waals surface area (Å²) in [6, 6.07) is 5.94. The maximum Gasteiger partial charge on any atom is 0.573 e. The Bertz CT molecular complexity index is 1300. The van der Waals surface area contributed by atoms with E-state index >= 15 is 0 Å². The third-order valence-corrected chi connectivity index (χ3v) is 6.38. The summed E-state index contributed by atoms with van der Waals surface area (Å²) in [6.45, 7) is -0.256. The molecule has 0 aliphatic heterocycles. The van der Waals surface area contributed by atoms with Gasteiger partial charge in [-0.25, -0.2) is 17.8 Å². The van der Waals surface area contributed by atoms with Crippen molar-refractivity contribution in [2.75, 3.05) is 4.72 Å². The number of ether oxygens (including phenoxy) is 1. The van der Waals surface area contributed by atoms with Gasteiger partial charge in [-0.05, 0) is 35.9 Å². The Morgan fingerprint density at radius 1 is 1.21 bits per heavy atom. The van der Waals surface area contributed by atoms with E-state index < -0.39 is 33.9 Å². The number of aromatic hydroxyl groups is 1. The number of nitrogens with zero attached hydrogens (tertiary/aromatic N) is 1. The van der Waals surface area contributed by atoms with Gasteiger partial charge >= 0.3 is 6.36 Å². The third kappa shape index (κ3) is 6.46. The van der Waals surface area contributed by atoms with Crippen molar-refractivity contribution in [3.8, 4) is 10.8 Å². The number of hydrogen-bond donors (Lipinski definition) is 3. The Hall–Kier alpha value is -3.10. The minimum Gasteiger partial charge on any atom is -0.498 e. The van der Waals surface area contributed by atoms with Crippen LogP contribution < -0.4 is 14.8 Å². The number of halogens is 5. The van der Waals surface area contributed by atoms with Crippen molar-refractivity contribution in [3.05, 3.63) is 64.6 Å². The molecule has 176 valence electrons. The van der Waals surface area contributed by atoms with Crippen molar-refractivity contribution >= 4 is 44.0 Å². The first kappa shape index (κ1) is 24.5. The average Bonchev–Trinajstić information content (AvgIpc) is 3.10. The van der Waals surface area contributed by atoms with E-state index in [2.05, 4.69) is 19.8 Å². The first-order chi connectivity index (χ1) is 15.3. The van der Waals surface area contributed by atoms with Crippen LogP contribution in [-0.2, 0) is 16.6 Å². The average molecular weight is 526 g/mol. The summed E-state index contributed by atoms with van der Waals surface area (Å²) in [5, 5.41) is 11.2. The highest BCUT2D eigenvalue weighted by atomic mass is 35.5. The number of benzene rings is 2. The predicted octanol–water partition coefficient (Wildman–Crippen LogP) is 4.27. The fourth-order valence-electron chi connectivity index (χ4n) is 2.47. The molecule has 0 atom stereocenters. The number of nitrogens with one attached hydrogen (secondary N) is 2. The topological polar surface area (TPSA) is 118 Å². The van der Waals surface area contributed by atoms with Gasteiger partial charge in [-0.1, -0.05) is 29.0 Å². The fourth-order valence-corrected chi connectivity index (χ4v) is 4.63. The maximum atomic E-state index is 13.8. The van der Waals surface area contributed by atoms with Crippen LogP contribution in [0.5, 0.6) is 10.8 Å². The first-order valence-corrected chi connectivity index (χ1v) is 11.3. The summed E-state index contributed by atoms with van der Waals surface area (Å²) >= 11 is 6.73. The Balaban J connectivity index is 1.68. The van der Waals surface area contributed by atoms with Crippen LogP contribution in [-0.4, -0.2) is 30.8 Å². The van der Waals surface area contributed by atoms with E-state index in [-0.39, 0.29) is 37.8 Å². The molecule has 0 saturated heterocycles. The third-order valence-electron chi connectivity index (χ3n) is 3.89. The predicted molar refractivity (Wildman–Crippen MR) is 110 cm³/mol. The maximum absolute atomic E-state index is 13.8. The Labute approximate surface area is 192 Å². The number of hydrogen-bond acceptors (Lipinski definition) is 7. The van der Waals surface area contributed by atoms with E-state index in [4.69, 9.17) is 11.6 Å². The van der Waals surface area contributed by atoms with Crippen LogP contribution in [0.3, 0.4) is 0 Å². The van der Waals surface area contributed by atoms with Crippen LogP contribution >= 0.6 is 22.9 Å². The molecular weight excluding hydrogens is 514 g/mol. The van der Waals surface area contributed by atoms with Gasteiger partial charge in [0.15, 0.2) is 21.8 Å². The van der Waals surface area contributed by atoms with Crippen molar-refractivity contribution < 1.29 is 40.6 Å². The SMILES string of the molecule is O=C(NCc1ccc(OC(F)(F)F)c(F)c1)c1ccc(S(=O)(=O)Nc2ncc(O)s2)cc1Cl. The van der Waals surface area contributed by atoms with Gasteiger partial charge in [-0.15, -0.1) is 13.2 Å². The molecule has 0 aliphatic carbocycles. The second kappa shape index (κ2) is 9.41. The molecule has 0 saturated carbocycles. The molecule has 0 spiro atoms. The minimum absolute atomic E-state index is 0.0793. The molecule has 3 N–H and O–H groups in total. The van der Waals surface area contributed by atoms with Crippen molar-refractivity contribution in [3.63, 3.8) is 0 Å². The molecule has 33 heavy (non-hydrogen) atoms. The number of anilines is 1. The highest BCUT2D eigenvalue weighted by Crippen LogP contribution is 2.28. The summed E-state index contributed by atoms with van der Waals surface area (Å²) in [7, 11) is -4.11. The monoisotopic (exact) mass is 525 g/mol. The molecule has 2 aromatic carbocycles. The number of rotatable bonds is 7. The highest BCUT2D eigenvalue weighted by molar-refractivity contribution is 7.93. The van der Waals surface area contributed by atoms with Crippen LogP contribution in [0.15, 0.2) is 47.5 Å². The summed E-state index contributed by atoms with van der Waals surface area (Å²) in [5.74, 6) is -3.02. The number of alkyl halides is 3. The van der Waals surface area contributed by atoms with Gasteiger partial charge in [-0.3, -0.25) is 9.52 Å². The molecule has 0 unspecified atom stereocenters. The smallest absolute Gasteiger partial charge is 0.498 e. The standard InChI is InChI=1S/C18H12ClF4N3O5S2/c19-12-6-10(33(29,30)26-17-25-8-15(27)32-17)2-3-11(12)16(28)24-7-9-1-4-14(13(20)5-9)31-18(21,22)23/h1-6,8,27H,7H2,(H,24,28)(H,25,26). The summed E-state index contributed by atoms with van der Waals surface area (Å²) in [5.41, 5.74) is 0.0431. The zero-order chi connectivity index (χ0) is 24.4. The van der Waals surface area contributed by atoms with Crippen molar-refractivity contribution in [1.82, 2.24) is 10.3 Å². The van der Waals surface area contributed by atoms with Crippen molar-refractivity contribution in [2.24, 2.45) is 0 Å².